The van der Waals surface area contributed by atoms with Crippen molar-refractivity contribution in [3.8, 4) is 0 Å². The second kappa shape index (κ2) is 11.4. The Hall–Kier alpha value is -1.17. The number of nitrogens with zero attached hydrogens (tertiary/aromatic N) is 2. The summed E-state index contributed by atoms with van der Waals surface area (Å²) in [4.78, 5) is 4.82. The van der Waals surface area contributed by atoms with Crippen LogP contribution in [0.5, 0.6) is 0 Å². The van der Waals surface area contributed by atoms with Crippen LogP contribution in [-0.4, -0.2) is 60.8 Å². The number of hydrogen-bond donors (Lipinski definition) is 1. The smallest absolute Gasteiger partial charge is 0.169 e. The molecule has 2 rings (SSSR count). The molecule has 0 amide bonds. The highest BCUT2D eigenvalue weighted by Crippen LogP contribution is 2.12. The van der Waals surface area contributed by atoms with E-state index in [0.717, 1.165) is 70.4 Å². The van der Waals surface area contributed by atoms with E-state index in [-0.39, 0.29) is 0 Å². The summed E-state index contributed by atoms with van der Waals surface area (Å²) < 4.78 is 5.43. The Labute approximate surface area is 158 Å². The van der Waals surface area contributed by atoms with E-state index < -0.39 is 0 Å². The van der Waals surface area contributed by atoms with Crippen LogP contribution in [0.15, 0.2) is 24.3 Å². The van der Waals surface area contributed by atoms with Crippen molar-refractivity contribution in [2.75, 3.05) is 45.9 Å². The van der Waals surface area contributed by atoms with E-state index >= 15 is 0 Å². The van der Waals surface area contributed by atoms with Crippen LogP contribution in [0.4, 0.5) is 0 Å². The van der Waals surface area contributed by atoms with Gasteiger partial charge in [-0.25, -0.2) is 0 Å². The van der Waals surface area contributed by atoms with Crippen molar-refractivity contribution in [3.63, 3.8) is 0 Å². The Morgan fingerprint density at radius 2 is 2.00 bits per heavy atom. The Bertz CT molecular complexity index is 517. The number of rotatable bonds is 9. The highest BCUT2D eigenvalue weighted by atomic mass is 32.1. The van der Waals surface area contributed by atoms with Gasteiger partial charge in [-0.2, -0.15) is 0 Å². The van der Waals surface area contributed by atoms with E-state index in [1.54, 1.807) is 0 Å². The van der Waals surface area contributed by atoms with Crippen molar-refractivity contribution in [1.82, 2.24) is 15.1 Å². The lowest BCUT2D eigenvalue weighted by Gasteiger charge is -2.30. The molecular formula is C20H33N3OS. The van der Waals surface area contributed by atoms with Gasteiger partial charge in [0.05, 0.1) is 13.2 Å². The molecule has 4 nitrogen and oxygen atoms in total. The molecule has 0 saturated carbocycles. The maximum atomic E-state index is 5.68. The number of thiocarbonyl (C=S) groups is 1. The lowest BCUT2D eigenvalue weighted by Crippen LogP contribution is -2.42. The molecule has 0 radical (unpaired) electrons. The number of benzene rings is 1. The van der Waals surface area contributed by atoms with Crippen molar-refractivity contribution in [1.29, 1.82) is 0 Å². The molecule has 1 saturated heterocycles. The standard InChI is InChI=1S/C20H33N3OS/c1-3-4-10-21-20(25)23(17-19-9-6-5-8-18(19)2)12-7-11-22-13-15-24-16-14-22/h5-6,8-9H,3-4,7,10-17H2,1-2H3,(H,21,25). The largest absolute Gasteiger partial charge is 0.379 e. The van der Waals surface area contributed by atoms with Gasteiger partial charge in [0.15, 0.2) is 5.11 Å². The summed E-state index contributed by atoms with van der Waals surface area (Å²) >= 11 is 5.68. The summed E-state index contributed by atoms with van der Waals surface area (Å²) in [6, 6.07) is 8.59. The maximum absolute atomic E-state index is 5.68. The Balaban J connectivity index is 1.88. The van der Waals surface area contributed by atoms with E-state index in [1.165, 1.54) is 17.5 Å². The molecule has 1 heterocycles. The third-order valence-corrected chi connectivity index (χ3v) is 5.12. The van der Waals surface area contributed by atoms with Crippen LogP contribution in [0.2, 0.25) is 0 Å². The monoisotopic (exact) mass is 363 g/mol. The van der Waals surface area contributed by atoms with Crippen LogP contribution < -0.4 is 5.32 Å². The van der Waals surface area contributed by atoms with E-state index in [9.17, 15) is 0 Å². The zero-order chi connectivity index (χ0) is 17.9. The second-order valence-electron chi connectivity index (χ2n) is 6.74. The summed E-state index contributed by atoms with van der Waals surface area (Å²) in [5.74, 6) is 0. The molecule has 1 aromatic rings. The summed E-state index contributed by atoms with van der Waals surface area (Å²) in [6.45, 7) is 12.2. The zero-order valence-corrected chi connectivity index (χ0v) is 16.6. The van der Waals surface area contributed by atoms with Crippen LogP contribution in [0.25, 0.3) is 0 Å². The number of hydrogen-bond acceptors (Lipinski definition) is 3. The first-order chi connectivity index (χ1) is 12.2. The second-order valence-corrected chi connectivity index (χ2v) is 7.13. The number of nitrogens with one attached hydrogen (secondary N) is 1. The fourth-order valence-corrected chi connectivity index (χ4v) is 3.30. The first kappa shape index (κ1) is 20.1. The van der Waals surface area contributed by atoms with Crippen LogP contribution in [0.1, 0.15) is 37.3 Å². The van der Waals surface area contributed by atoms with Crippen molar-refractivity contribution < 1.29 is 4.74 Å². The van der Waals surface area contributed by atoms with Crippen molar-refractivity contribution in [3.05, 3.63) is 35.4 Å². The highest BCUT2D eigenvalue weighted by molar-refractivity contribution is 7.80. The molecule has 1 N–H and O–H groups in total. The minimum Gasteiger partial charge on any atom is -0.379 e. The fourth-order valence-electron chi connectivity index (χ4n) is 3.04. The molecule has 140 valence electrons. The summed E-state index contributed by atoms with van der Waals surface area (Å²) in [7, 11) is 0. The van der Waals surface area contributed by atoms with Crippen molar-refractivity contribution in [2.45, 2.75) is 39.7 Å². The first-order valence-electron chi connectivity index (χ1n) is 9.58. The number of morpholine rings is 1. The van der Waals surface area contributed by atoms with E-state index in [2.05, 4.69) is 53.2 Å². The van der Waals surface area contributed by atoms with Gasteiger partial charge in [-0.1, -0.05) is 37.6 Å². The zero-order valence-electron chi connectivity index (χ0n) is 15.8. The summed E-state index contributed by atoms with van der Waals surface area (Å²) in [6.07, 6.45) is 3.47. The third kappa shape index (κ3) is 7.30. The third-order valence-electron chi connectivity index (χ3n) is 4.72. The Morgan fingerprint density at radius 3 is 2.72 bits per heavy atom. The minimum absolute atomic E-state index is 0.865. The predicted molar refractivity (Wildman–Crippen MR) is 109 cm³/mol. The normalized spacial score (nSPS) is 15.1. The first-order valence-corrected chi connectivity index (χ1v) is 9.99. The minimum atomic E-state index is 0.865. The van der Waals surface area contributed by atoms with Gasteiger partial charge in [0.25, 0.3) is 0 Å². The van der Waals surface area contributed by atoms with Gasteiger partial charge < -0.3 is 15.0 Å². The lowest BCUT2D eigenvalue weighted by molar-refractivity contribution is 0.0367. The number of unbranched alkanes of at least 4 members (excludes halogenated alkanes) is 1. The number of aryl methyl sites for hydroxylation is 1. The van der Waals surface area contributed by atoms with E-state index in [1.807, 2.05) is 0 Å². The van der Waals surface area contributed by atoms with Crippen LogP contribution in [-0.2, 0) is 11.3 Å². The van der Waals surface area contributed by atoms with E-state index in [0.29, 0.717) is 0 Å². The van der Waals surface area contributed by atoms with Gasteiger partial charge in [-0.3, -0.25) is 4.90 Å². The molecule has 1 fully saturated rings. The quantitative estimate of drug-likeness (QED) is 0.537. The molecule has 0 spiro atoms. The SMILES string of the molecule is CCCCNC(=S)N(CCCN1CCOCC1)Cc1ccccc1C. The molecule has 1 aliphatic rings. The van der Waals surface area contributed by atoms with E-state index in [4.69, 9.17) is 17.0 Å². The number of ether oxygens (including phenoxy) is 1. The average molecular weight is 364 g/mol. The molecule has 0 unspecified atom stereocenters. The van der Waals surface area contributed by atoms with Crippen molar-refractivity contribution >= 4 is 17.3 Å². The van der Waals surface area contributed by atoms with Gasteiger partial charge >= 0.3 is 0 Å². The average Bonchev–Trinajstić information content (AvgIpc) is 2.63. The summed E-state index contributed by atoms with van der Waals surface area (Å²) in [5, 5.41) is 4.32. The van der Waals surface area contributed by atoms with Gasteiger partial charge in [0.1, 0.15) is 0 Å². The van der Waals surface area contributed by atoms with Gasteiger partial charge in [-0.05, 0) is 43.1 Å². The molecule has 1 aliphatic heterocycles. The van der Waals surface area contributed by atoms with Crippen LogP contribution >= 0.6 is 12.2 Å². The van der Waals surface area contributed by atoms with Gasteiger partial charge in [0.2, 0.25) is 0 Å². The molecule has 25 heavy (non-hydrogen) atoms. The molecule has 1 aromatic carbocycles. The topological polar surface area (TPSA) is 27.7 Å². The maximum Gasteiger partial charge on any atom is 0.169 e. The van der Waals surface area contributed by atoms with Crippen LogP contribution in [0.3, 0.4) is 0 Å². The molecule has 0 bridgehead atoms. The Kier molecular flexibility index (Phi) is 9.22. The Morgan fingerprint density at radius 1 is 1.24 bits per heavy atom. The highest BCUT2D eigenvalue weighted by Gasteiger charge is 2.14. The lowest BCUT2D eigenvalue weighted by atomic mass is 10.1. The molecular weight excluding hydrogens is 330 g/mol. The van der Waals surface area contributed by atoms with Crippen LogP contribution in [0, 0.1) is 6.92 Å². The summed E-state index contributed by atoms with van der Waals surface area (Å²) in [5.41, 5.74) is 2.69. The van der Waals surface area contributed by atoms with Crippen molar-refractivity contribution in [2.24, 2.45) is 0 Å². The van der Waals surface area contributed by atoms with Gasteiger partial charge in [-0.15, -0.1) is 0 Å². The van der Waals surface area contributed by atoms with Gasteiger partial charge in [0, 0.05) is 39.3 Å². The fraction of sp³-hybridized carbons (Fsp3) is 0.650. The molecule has 0 atom stereocenters. The molecule has 5 heteroatoms. The predicted octanol–water partition coefficient (Wildman–Crippen LogP) is 3.19. The molecule has 0 aromatic heterocycles. The molecule has 0 aliphatic carbocycles.